The lowest BCUT2D eigenvalue weighted by atomic mass is 9.85. The molecule has 1 rings (SSSR count). The van der Waals surface area contributed by atoms with E-state index >= 15 is 0 Å². The van der Waals surface area contributed by atoms with Crippen molar-refractivity contribution in [2.75, 3.05) is 13.2 Å². The number of aliphatic hydroxyl groups excluding tert-OH is 3. The van der Waals surface area contributed by atoms with Crippen molar-refractivity contribution >= 4 is 35.4 Å². The van der Waals surface area contributed by atoms with Gasteiger partial charge in [-0.05, 0) is 65.6 Å². The van der Waals surface area contributed by atoms with E-state index in [0.29, 0.717) is 12.8 Å². The van der Waals surface area contributed by atoms with E-state index in [1.165, 1.54) is 44.9 Å². The molecule has 0 spiro atoms. The molecule has 0 aliphatic heterocycles. The Kier molecular flexibility index (Phi) is 27.0. The predicted molar refractivity (Wildman–Crippen MR) is 211 cm³/mol. The van der Waals surface area contributed by atoms with Crippen molar-refractivity contribution in [3.63, 3.8) is 0 Å². The number of ether oxygens (including phenoxy) is 2. The van der Waals surface area contributed by atoms with Crippen LogP contribution in [-0.4, -0.2) is 108 Å². The SMILES string of the molecule is C#CC#CC#CC#CC#CC#CC(=O)OC[C@@H](COP(=O)(O)OC1C(O)[C@H](O)[C@@H](OP(=O)(O)O)C(OP(=O)(O)O)[C@@H]1O)OC(=O)CCCCCCCCCCCCCCC. The summed E-state index contributed by atoms with van der Waals surface area (Å²) in [5, 5.41) is 31.6. The molecule has 8 atom stereocenters. The van der Waals surface area contributed by atoms with Gasteiger partial charge in [-0.2, -0.15) is 0 Å². The first-order valence-corrected chi connectivity index (χ1v) is 23.4. The monoisotopic (exact) mass is 904 g/mol. The van der Waals surface area contributed by atoms with Gasteiger partial charge in [-0.25, -0.2) is 18.5 Å². The fraction of sp³-hybridized carbons (Fsp3) is 0.632. The van der Waals surface area contributed by atoms with Crippen molar-refractivity contribution in [1.29, 1.82) is 0 Å². The molecule has 0 aromatic rings. The number of hydrogen-bond acceptors (Lipinski definition) is 14. The van der Waals surface area contributed by atoms with Crippen LogP contribution in [0.1, 0.15) is 96.8 Å². The first-order valence-electron chi connectivity index (χ1n) is 18.8. The number of phosphoric ester groups is 3. The summed E-state index contributed by atoms with van der Waals surface area (Å²) in [5.74, 6) is 22.8. The Morgan fingerprint density at radius 3 is 1.50 bits per heavy atom. The molecule has 0 heterocycles. The highest BCUT2D eigenvalue weighted by Crippen LogP contribution is 2.51. The van der Waals surface area contributed by atoms with E-state index in [2.05, 4.69) is 75.2 Å². The van der Waals surface area contributed by atoms with Crippen molar-refractivity contribution in [2.45, 2.75) is 140 Å². The minimum atomic E-state index is -5.63. The van der Waals surface area contributed by atoms with Crippen LogP contribution >= 0.6 is 23.5 Å². The van der Waals surface area contributed by atoms with E-state index in [0.717, 1.165) is 25.7 Å². The molecule has 0 saturated heterocycles. The van der Waals surface area contributed by atoms with Gasteiger partial charge in [-0.15, -0.1) is 6.42 Å². The van der Waals surface area contributed by atoms with Crippen LogP contribution in [0.2, 0.25) is 0 Å². The maximum absolute atomic E-state index is 13.0. The second-order valence-electron chi connectivity index (χ2n) is 13.0. The Morgan fingerprint density at radius 1 is 0.583 bits per heavy atom. The Morgan fingerprint density at radius 2 is 1.02 bits per heavy atom. The summed E-state index contributed by atoms with van der Waals surface area (Å²) in [4.78, 5) is 72.2. The van der Waals surface area contributed by atoms with Gasteiger partial charge >= 0.3 is 35.4 Å². The highest BCUT2D eigenvalue weighted by molar-refractivity contribution is 7.47. The lowest BCUT2D eigenvalue weighted by molar-refractivity contribution is -0.213. The molecule has 0 radical (unpaired) electrons. The van der Waals surface area contributed by atoms with Gasteiger partial charge in [0.25, 0.3) is 0 Å². The Labute approximate surface area is 349 Å². The third-order valence-corrected chi connectivity index (χ3v) is 10.2. The molecule has 1 saturated carbocycles. The van der Waals surface area contributed by atoms with Gasteiger partial charge in [-0.1, -0.05) is 84.0 Å². The first-order chi connectivity index (χ1) is 28.3. The number of esters is 2. The van der Waals surface area contributed by atoms with Gasteiger partial charge in [-0.3, -0.25) is 22.9 Å². The molecule has 8 N–H and O–H groups in total. The Hall–Kier alpha value is -3.49. The number of terminal acetylenes is 1. The minimum Gasteiger partial charge on any atom is -0.456 e. The maximum Gasteiger partial charge on any atom is 0.472 e. The zero-order valence-corrected chi connectivity index (χ0v) is 35.5. The van der Waals surface area contributed by atoms with E-state index in [1.807, 2.05) is 5.92 Å². The lowest BCUT2D eigenvalue weighted by Gasteiger charge is -2.44. The average Bonchev–Trinajstić information content (AvgIpc) is 3.16. The van der Waals surface area contributed by atoms with Crippen LogP contribution in [0.5, 0.6) is 0 Å². The highest BCUT2D eigenvalue weighted by atomic mass is 31.2. The van der Waals surface area contributed by atoms with Crippen LogP contribution in [0.25, 0.3) is 0 Å². The largest absolute Gasteiger partial charge is 0.472 e. The second-order valence-corrected chi connectivity index (χ2v) is 16.8. The number of hydrogen-bond donors (Lipinski definition) is 8. The van der Waals surface area contributed by atoms with Gasteiger partial charge < -0.3 is 49.3 Å². The third-order valence-electron chi connectivity index (χ3n) is 8.14. The van der Waals surface area contributed by atoms with E-state index < -0.39 is 91.3 Å². The van der Waals surface area contributed by atoms with Crippen molar-refractivity contribution in [2.24, 2.45) is 0 Å². The molecule has 332 valence electrons. The van der Waals surface area contributed by atoms with Crippen LogP contribution < -0.4 is 0 Å². The van der Waals surface area contributed by atoms with E-state index in [9.17, 15) is 63.1 Å². The molecular formula is C38H51O19P3. The second kappa shape index (κ2) is 29.7. The van der Waals surface area contributed by atoms with E-state index in [-0.39, 0.29) is 6.42 Å². The summed E-state index contributed by atoms with van der Waals surface area (Å²) < 4.78 is 64.4. The molecule has 60 heavy (non-hydrogen) atoms. The van der Waals surface area contributed by atoms with Crippen molar-refractivity contribution < 1.29 is 90.6 Å². The molecule has 19 nitrogen and oxygen atoms in total. The van der Waals surface area contributed by atoms with Crippen LogP contribution in [-0.2, 0) is 50.9 Å². The maximum atomic E-state index is 13.0. The van der Waals surface area contributed by atoms with Gasteiger partial charge in [0, 0.05) is 12.3 Å². The summed E-state index contributed by atoms with van der Waals surface area (Å²) in [6.07, 6.45) is 1.93. The third kappa shape index (κ3) is 26.0. The Bertz CT molecular complexity index is 1880. The standard InChI is InChI=1S/C38H51O19P3/c1-3-5-7-9-11-13-15-16-17-19-21-23-25-27-32(40)54-30(28-52-31(39)26-24-22-20-18-14-12-10-8-6-4-2)29-53-60(50,51)57-36-33(41)34(42)37(55-58(44,45)46)38(35(36)43)56-59(47,48)49/h2,30,33-38,41-43H,3,5,7,9,11,13,15-17,19,21,23,25,27-29H2,1H3,(H,50,51)(H2,44,45,46)(H2,47,48,49)/t30-,33?,34-,35+,36?,37+,38?/m0/s1. The number of carbonyl (C=O) groups excluding carboxylic acids is 2. The molecule has 4 unspecified atom stereocenters. The molecule has 1 aliphatic rings. The summed E-state index contributed by atoms with van der Waals surface area (Å²) >= 11 is 0. The molecule has 0 bridgehead atoms. The first kappa shape index (κ1) is 54.5. The summed E-state index contributed by atoms with van der Waals surface area (Å²) in [6, 6.07) is 0. The molecular weight excluding hydrogens is 853 g/mol. The van der Waals surface area contributed by atoms with Gasteiger partial charge in [0.1, 0.15) is 43.2 Å². The van der Waals surface area contributed by atoms with Gasteiger partial charge in [0.2, 0.25) is 0 Å². The molecule has 1 fully saturated rings. The zero-order chi connectivity index (χ0) is 45.0. The Balaban J connectivity index is 2.94. The smallest absolute Gasteiger partial charge is 0.456 e. The molecule has 0 amide bonds. The van der Waals surface area contributed by atoms with Crippen LogP contribution in [0.15, 0.2) is 0 Å². The summed E-state index contributed by atoms with van der Waals surface area (Å²) in [6.45, 7) is 0.365. The topological polar surface area (TPSA) is 303 Å². The van der Waals surface area contributed by atoms with Gasteiger partial charge in [0.15, 0.2) is 6.10 Å². The molecule has 1 aliphatic carbocycles. The van der Waals surface area contributed by atoms with Gasteiger partial charge in [0.05, 0.1) is 6.61 Å². The average molecular weight is 905 g/mol. The fourth-order valence-corrected chi connectivity index (χ4v) is 7.50. The van der Waals surface area contributed by atoms with Crippen molar-refractivity contribution in [3.8, 4) is 71.5 Å². The summed E-state index contributed by atoms with van der Waals surface area (Å²) in [5.41, 5.74) is 0. The quantitative estimate of drug-likeness (QED) is 0.0203. The van der Waals surface area contributed by atoms with Crippen LogP contribution in [0.3, 0.4) is 0 Å². The van der Waals surface area contributed by atoms with Crippen LogP contribution in [0, 0.1) is 71.5 Å². The number of unbranched alkanes of at least 4 members (excludes halogenated alkanes) is 12. The predicted octanol–water partition coefficient (Wildman–Crippen LogP) is 2.13. The highest BCUT2D eigenvalue weighted by Gasteiger charge is 2.56. The van der Waals surface area contributed by atoms with E-state index in [1.54, 1.807) is 0 Å². The molecule has 22 heteroatoms. The number of phosphoric acid groups is 3. The van der Waals surface area contributed by atoms with Crippen LogP contribution in [0.4, 0.5) is 0 Å². The number of carbonyl (C=O) groups is 2. The number of aliphatic hydroxyl groups is 3. The van der Waals surface area contributed by atoms with E-state index in [4.69, 9.17) is 24.9 Å². The normalized spacial score (nSPS) is 21.1. The molecule has 0 aromatic heterocycles. The zero-order valence-electron chi connectivity index (χ0n) is 32.8. The minimum absolute atomic E-state index is 0.0794. The van der Waals surface area contributed by atoms with Crippen molar-refractivity contribution in [3.05, 3.63) is 0 Å². The fourth-order valence-electron chi connectivity index (χ4n) is 5.40. The van der Waals surface area contributed by atoms with Crippen molar-refractivity contribution in [1.82, 2.24) is 0 Å². The molecule has 0 aromatic carbocycles. The summed E-state index contributed by atoms with van der Waals surface area (Å²) in [7, 11) is -16.7. The number of rotatable bonds is 26. The lowest BCUT2D eigenvalue weighted by Crippen LogP contribution is -2.65.